The predicted octanol–water partition coefficient (Wildman–Crippen LogP) is -0.559. The smallest absolute Gasteiger partial charge is 0.300 e. The molecule has 0 heterocycles. The molecule has 0 aromatic carbocycles. The summed E-state index contributed by atoms with van der Waals surface area (Å²) in [5, 5.41) is 24.5. The molecular formula is C8H18O6. The van der Waals surface area contributed by atoms with Crippen LogP contribution in [0.4, 0.5) is 0 Å². The number of aliphatic hydroxyl groups excluding tert-OH is 2. The van der Waals surface area contributed by atoms with Crippen molar-refractivity contribution in [2.75, 3.05) is 26.4 Å². The zero-order chi connectivity index (χ0) is 11.4. The maximum Gasteiger partial charge on any atom is 0.300 e. The second-order valence-electron chi connectivity index (χ2n) is 2.23. The van der Waals surface area contributed by atoms with E-state index in [0.717, 1.165) is 6.92 Å². The van der Waals surface area contributed by atoms with Crippen LogP contribution in [0.1, 0.15) is 13.8 Å². The van der Waals surface area contributed by atoms with E-state index < -0.39 is 12.3 Å². The van der Waals surface area contributed by atoms with Crippen LogP contribution in [0.5, 0.6) is 0 Å². The molecule has 0 saturated heterocycles. The number of ether oxygens (including phenoxy) is 2. The number of carboxylic acids is 1. The molecule has 0 aliphatic rings. The average molecular weight is 210 g/mol. The molecule has 0 aliphatic heterocycles. The van der Waals surface area contributed by atoms with Gasteiger partial charge in [-0.2, -0.15) is 0 Å². The van der Waals surface area contributed by atoms with E-state index in [2.05, 4.69) is 0 Å². The van der Waals surface area contributed by atoms with Gasteiger partial charge in [0.15, 0.2) is 6.29 Å². The van der Waals surface area contributed by atoms with Crippen molar-refractivity contribution in [3.8, 4) is 0 Å². The summed E-state index contributed by atoms with van der Waals surface area (Å²) in [7, 11) is 0. The summed E-state index contributed by atoms with van der Waals surface area (Å²) in [5.41, 5.74) is 0. The first kappa shape index (κ1) is 15.8. The zero-order valence-corrected chi connectivity index (χ0v) is 8.47. The van der Waals surface area contributed by atoms with E-state index >= 15 is 0 Å². The van der Waals surface area contributed by atoms with Gasteiger partial charge in [0.1, 0.15) is 0 Å². The molecule has 0 aromatic rings. The number of hydrogen-bond acceptors (Lipinski definition) is 5. The van der Waals surface area contributed by atoms with Crippen molar-refractivity contribution < 1.29 is 29.6 Å². The molecule has 0 saturated carbocycles. The number of rotatable bonds is 6. The van der Waals surface area contributed by atoms with Crippen LogP contribution in [0.25, 0.3) is 0 Å². The van der Waals surface area contributed by atoms with Crippen molar-refractivity contribution in [2.45, 2.75) is 20.1 Å². The second kappa shape index (κ2) is 12.3. The Morgan fingerprint density at radius 3 is 2.36 bits per heavy atom. The second-order valence-corrected chi connectivity index (χ2v) is 2.23. The van der Waals surface area contributed by atoms with E-state index in [9.17, 15) is 0 Å². The average Bonchev–Trinajstić information content (AvgIpc) is 2.04. The Morgan fingerprint density at radius 2 is 2.00 bits per heavy atom. The third-order valence-electron chi connectivity index (χ3n) is 0.855. The third kappa shape index (κ3) is 22.5. The summed E-state index contributed by atoms with van der Waals surface area (Å²) in [6, 6.07) is 0. The zero-order valence-electron chi connectivity index (χ0n) is 8.47. The molecule has 1 unspecified atom stereocenters. The van der Waals surface area contributed by atoms with E-state index in [1.807, 2.05) is 0 Å². The highest BCUT2D eigenvalue weighted by Gasteiger charge is 2.00. The molecule has 0 spiro atoms. The molecule has 0 rings (SSSR count). The molecule has 6 heteroatoms. The normalized spacial score (nSPS) is 11.4. The molecule has 86 valence electrons. The van der Waals surface area contributed by atoms with E-state index in [0.29, 0.717) is 6.61 Å². The maximum absolute atomic E-state index is 9.00. The molecule has 0 fully saturated rings. The molecule has 1 atom stereocenters. The molecule has 0 aromatic heterocycles. The molecule has 0 bridgehead atoms. The van der Waals surface area contributed by atoms with Gasteiger partial charge in [-0.15, -0.1) is 0 Å². The Morgan fingerprint density at radius 1 is 1.50 bits per heavy atom. The predicted molar refractivity (Wildman–Crippen MR) is 48.8 cm³/mol. The summed E-state index contributed by atoms with van der Waals surface area (Å²) in [6.45, 7) is 3.66. The van der Waals surface area contributed by atoms with Crippen molar-refractivity contribution in [2.24, 2.45) is 0 Å². The van der Waals surface area contributed by atoms with E-state index in [4.69, 9.17) is 29.6 Å². The van der Waals surface area contributed by atoms with Crippen LogP contribution in [0.15, 0.2) is 0 Å². The number of aliphatic hydroxyl groups is 2. The van der Waals surface area contributed by atoms with Gasteiger partial charge in [0.2, 0.25) is 0 Å². The first-order valence-corrected chi connectivity index (χ1v) is 4.22. The molecule has 6 nitrogen and oxygen atoms in total. The Balaban J connectivity index is 0. The number of carbonyl (C=O) groups is 1. The Hall–Kier alpha value is -0.690. The Bertz CT molecular complexity index is 123. The standard InChI is InChI=1S/C6H14O4.C2H4O2/c1-2-10-6(8)5-9-4-3-7;1-2(3)4/h6-8H,2-5H2,1H3;1H3,(H,3,4). The molecule has 3 N–H and O–H groups in total. The highest BCUT2D eigenvalue weighted by molar-refractivity contribution is 5.62. The van der Waals surface area contributed by atoms with Gasteiger partial charge in [0.05, 0.1) is 19.8 Å². The van der Waals surface area contributed by atoms with Gasteiger partial charge in [-0.25, -0.2) is 0 Å². The minimum absolute atomic E-state index is 0.0289. The van der Waals surface area contributed by atoms with Crippen molar-refractivity contribution in [1.82, 2.24) is 0 Å². The fourth-order valence-corrected chi connectivity index (χ4v) is 0.489. The van der Waals surface area contributed by atoms with Crippen molar-refractivity contribution in [3.63, 3.8) is 0 Å². The molecule has 0 aliphatic carbocycles. The van der Waals surface area contributed by atoms with Crippen LogP contribution in [0.3, 0.4) is 0 Å². The summed E-state index contributed by atoms with van der Waals surface area (Å²) >= 11 is 0. The van der Waals surface area contributed by atoms with Gasteiger partial charge in [-0.1, -0.05) is 0 Å². The van der Waals surface area contributed by atoms with Crippen LogP contribution < -0.4 is 0 Å². The van der Waals surface area contributed by atoms with Crippen molar-refractivity contribution >= 4 is 5.97 Å². The minimum atomic E-state index is -0.864. The lowest BCUT2D eigenvalue weighted by Gasteiger charge is -2.09. The SMILES string of the molecule is CC(=O)O.CCOC(O)COCCO. The minimum Gasteiger partial charge on any atom is -0.481 e. The monoisotopic (exact) mass is 210 g/mol. The van der Waals surface area contributed by atoms with Crippen LogP contribution in [0.2, 0.25) is 0 Å². The van der Waals surface area contributed by atoms with Crippen LogP contribution in [0, 0.1) is 0 Å². The quantitative estimate of drug-likeness (QED) is 0.402. The molecule has 0 radical (unpaired) electrons. The van der Waals surface area contributed by atoms with Crippen LogP contribution in [-0.2, 0) is 14.3 Å². The largest absolute Gasteiger partial charge is 0.481 e. The van der Waals surface area contributed by atoms with Crippen molar-refractivity contribution in [1.29, 1.82) is 0 Å². The van der Waals surface area contributed by atoms with E-state index in [1.165, 1.54) is 0 Å². The fraction of sp³-hybridized carbons (Fsp3) is 0.875. The topological polar surface area (TPSA) is 96.2 Å². The highest BCUT2D eigenvalue weighted by Crippen LogP contribution is 1.86. The summed E-state index contributed by atoms with van der Waals surface area (Å²) in [6.07, 6.45) is -0.864. The summed E-state index contributed by atoms with van der Waals surface area (Å²) in [5.74, 6) is -0.833. The van der Waals surface area contributed by atoms with Crippen LogP contribution in [-0.4, -0.2) is 54.0 Å². The fourth-order valence-electron chi connectivity index (χ4n) is 0.489. The number of aliphatic carboxylic acids is 1. The van der Waals surface area contributed by atoms with Crippen molar-refractivity contribution in [3.05, 3.63) is 0 Å². The first-order chi connectivity index (χ1) is 6.54. The maximum atomic E-state index is 9.00. The summed E-state index contributed by atoms with van der Waals surface area (Å²) < 4.78 is 9.51. The van der Waals surface area contributed by atoms with Gasteiger partial charge in [0, 0.05) is 13.5 Å². The lowest BCUT2D eigenvalue weighted by molar-refractivity contribution is -0.136. The Labute approximate surface area is 83.1 Å². The lowest BCUT2D eigenvalue weighted by Crippen LogP contribution is -2.19. The molecule has 14 heavy (non-hydrogen) atoms. The van der Waals surface area contributed by atoms with E-state index in [1.54, 1.807) is 6.92 Å². The van der Waals surface area contributed by atoms with Gasteiger partial charge in [-0.3, -0.25) is 4.79 Å². The molecule has 0 amide bonds. The number of hydrogen-bond donors (Lipinski definition) is 3. The third-order valence-corrected chi connectivity index (χ3v) is 0.855. The van der Waals surface area contributed by atoms with Gasteiger partial charge in [-0.05, 0) is 6.92 Å². The lowest BCUT2D eigenvalue weighted by atomic mass is 10.6. The van der Waals surface area contributed by atoms with Gasteiger partial charge < -0.3 is 24.8 Å². The van der Waals surface area contributed by atoms with Gasteiger partial charge >= 0.3 is 0 Å². The molecular weight excluding hydrogens is 192 g/mol. The highest BCUT2D eigenvalue weighted by atomic mass is 16.6. The van der Waals surface area contributed by atoms with Gasteiger partial charge in [0.25, 0.3) is 5.97 Å². The van der Waals surface area contributed by atoms with Crippen LogP contribution >= 0.6 is 0 Å². The Kier molecular flexibility index (Phi) is 13.9. The summed E-state index contributed by atoms with van der Waals surface area (Å²) in [4.78, 5) is 9.00. The van der Waals surface area contributed by atoms with E-state index in [-0.39, 0.29) is 19.8 Å². The first-order valence-electron chi connectivity index (χ1n) is 4.22. The number of carboxylic acid groups (broad SMARTS) is 1.